The zero-order valence-electron chi connectivity index (χ0n) is 8.67. The molecule has 0 aromatic rings. The van der Waals surface area contributed by atoms with Crippen LogP contribution in [0, 0.1) is 5.92 Å². The van der Waals surface area contributed by atoms with Gasteiger partial charge in [0.25, 0.3) is 0 Å². The van der Waals surface area contributed by atoms with E-state index in [1.54, 1.807) is 6.92 Å². The van der Waals surface area contributed by atoms with Gasteiger partial charge in [0.15, 0.2) is 0 Å². The first-order valence-electron chi connectivity index (χ1n) is 4.87. The van der Waals surface area contributed by atoms with Gasteiger partial charge in [0.1, 0.15) is 13.6 Å². The van der Waals surface area contributed by atoms with Crippen LogP contribution in [0.5, 0.6) is 0 Å². The van der Waals surface area contributed by atoms with Crippen LogP contribution in [0.2, 0.25) is 0 Å². The van der Waals surface area contributed by atoms with Crippen molar-refractivity contribution < 1.29 is 9.53 Å². The first-order valence-corrected chi connectivity index (χ1v) is 4.87. The first kappa shape index (κ1) is 10.8. The topological polar surface area (TPSA) is 26.3 Å². The highest BCUT2D eigenvalue weighted by Crippen LogP contribution is 2.36. The van der Waals surface area contributed by atoms with E-state index in [1.807, 2.05) is 6.92 Å². The third-order valence-corrected chi connectivity index (χ3v) is 2.98. The molecule has 13 heavy (non-hydrogen) atoms. The van der Waals surface area contributed by atoms with Gasteiger partial charge in [-0.1, -0.05) is 6.92 Å². The zero-order chi connectivity index (χ0) is 10.1. The number of ketones is 1. The Bertz CT molecular complexity index is 205. The largest absolute Gasteiger partial charge is 0.382 e. The number of hydrogen-bond acceptors (Lipinski definition) is 2. The van der Waals surface area contributed by atoms with Crippen LogP contribution in [0.3, 0.4) is 0 Å². The Morgan fingerprint density at radius 3 is 2.77 bits per heavy atom. The van der Waals surface area contributed by atoms with Gasteiger partial charge in [0.05, 0.1) is 5.60 Å². The van der Waals surface area contributed by atoms with Crippen LogP contribution in [-0.4, -0.2) is 25.2 Å². The molecule has 1 rings (SSSR count). The molecule has 0 aromatic carbocycles. The van der Waals surface area contributed by atoms with E-state index in [9.17, 15) is 4.79 Å². The molecule has 2 radical (unpaired) electrons. The Morgan fingerprint density at radius 2 is 2.38 bits per heavy atom. The molecule has 0 N–H and O–H groups in total. The van der Waals surface area contributed by atoms with E-state index < -0.39 is 0 Å². The van der Waals surface area contributed by atoms with Crippen LogP contribution in [0.1, 0.15) is 40.0 Å². The highest BCUT2D eigenvalue weighted by molar-refractivity contribution is 6.11. The number of rotatable bonds is 3. The molecule has 1 heterocycles. The van der Waals surface area contributed by atoms with E-state index in [1.165, 1.54) is 0 Å². The molecule has 3 heteroatoms. The third-order valence-electron chi connectivity index (χ3n) is 2.98. The second-order valence-electron chi connectivity index (χ2n) is 4.31. The zero-order valence-corrected chi connectivity index (χ0v) is 8.67. The van der Waals surface area contributed by atoms with Gasteiger partial charge in [-0.15, -0.1) is 0 Å². The maximum absolute atomic E-state index is 10.9. The van der Waals surface area contributed by atoms with Gasteiger partial charge in [-0.3, -0.25) is 0 Å². The molecule has 1 aliphatic rings. The Hall–Kier alpha value is -0.305. The molecule has 1 fully saturated rings. The number of hydrogen-bond donors (Lipinski definition) is 0. The summed E-state index contributed by atoms with van der Waals surface area (Å²) in [4.78, 5) is 10.9. The maximum atomic E-state index is 10.9. The molecule has 0 amide bonds. The van der Waals surface area contributed by atoms with Gasteiger partial charge >= 0.3 is 0 Å². The average Bonchev–Trinajstić information content (AvgIpc) is 2.31. The lowest BCUT2D eigenvalue weighted by Crippen LogP contribution is -2.34. The Kier molecular flexibility index (Phi) is 3.17. The lowest BCUT2D eigenvalue weighted by atomic mass is 9.84. The summed E-state index contributed by atoms with van der Waals surface area (Å²) < 4.78 is 5.64. The Labute approximate surface area is 81.4 Å². The van der Waals surface area contributed by atoms with Crippen molar-refractivity contribution in [1.29, 1.82) is 0 Å². The minimum Gasteiger partial charge on any atom is -0.382 e. The van der Waals surface area contributed by atoms with Crippen LogP contribution >= 0.6 is 0 Å². The Morgan fingerprint density at radius 1 is 1.77 bits per heavy atom. The number of carbonyl (C=O) groups is 1. The van der Waals surface area contributed by atoms with Crippen molar-refractivity contribution in [2.24, 2.45) is 5.92 Å². The van der Waals surface area contributed by atoms with Gasteiger partial charge in [-0.25, -0.2) is 0 Å². The molecule has 0 spiro atoms. The predicted molar refractivity (Wildman–Crippen MR) is 52.7 cm³/mol. The van der Waals surface area contributed by atoms with E-state index in [0.717, 1.165) is 12.8 Å². The van der Waals surface area contributed by atoms with Crippen molar-refractivity contribution in [3.8, 4) is 0 Å². The summed E-state index contributed by atoms with van der Waals surface area (Å²) in [5.74, 6) is 0.483. The molecule has 72 valence electrons. The standard InChI is InChI=1S/C10H17BO2/c1-7(6-8(2)12)10(3)5-4-9(11)13-10/h7,9H,4-6H2,1-3H3/t7?,9-,10-/m1/s1. The van der Waals surface area contributed by atoms with E-state index in [4.69, 9.17) is 12.6 Å². The molecular formula is C10H17BO2. The maximum Gasteiger partial charge on any atom is 0.130 e. The van der Waals surface area contributed by atoms with Gasteiger partial charge in [0.2, 0.25) is 0 Å². The summed E-state index contributed by atoms with van der Waals surface area (Å²) in [6.07, 6.45) is 2.45. The van der Waals surface area contributed by atoms with Crippen LogP contribution in [-0.2, 0) is 9.53 Å². The molecule has 0 aliphatic carbocycles. The fourth-order valence-electron chi connectivity index (χ4n) is 1.90. The summed E-state index contributed by atoms with van der Waals surface area (Å²) in [7, 11) is 5.67. The average molecular weight is 180 g/mol. The number of Topliss-reactive ketones (excluding diaryl/α,β-unsaturated/α-hetero) is 1. The molecule has 1 unspecified atom stereocenters. The van der Waals surface area contributed by atoms with Crippen LogP contribution in [0.25, 0.3) is 0 Å². The third kappa shape index (κ3) is 2.57. The number of ether oxygens (including phenoxy) is 1. The minimum absolute atomic E-state index is 0.139. The van der Waals surface area contributed by atoms with E-state index in [-0.39, 0.29) is 23.3 Å². The smallest absolute Gasteiger partial charge is 0.130 e. The SMILES string of the molecule is [B][C@H]1CC[C@](C)(C(C)CC(C)=O)O1. The number of carbonyl (C=O) groups excluding carboxylic acids is 1. The normalized spacial score (nSPS) is 36.1. The highest BCUT2D eigenvalue weighted by Gasteiger charge is 2.38. The van der Waals surface area contributed by atoms with Crippen molar-refractivity contribution in [3.05, 3.63) is 0 Å². The summed E-state index contributed by atoms with van der Waals surface area (Å²) in [6, 6.07) is -0.139. The first-order chi connectivity index (χ1) is 5.94. The van der Waals surface area contributed by atoms with Gasteiger partial charge in [0, 0.05) is 12.4 Å². The van der Waals surface area contributed by atoms with Crippen molar-refractivity contribution in [3.63, 3.8) is 0 Å². The fourth-order valence-corrected chi connectivity index (χ4v) is 1.90. The van der Waals surface area contributed by atoms with Crippen LogP contribution in [0.4, 0.5) is 0 Å². The van der Waals surface area contributed by atoms with Gasteiger partial charge in [-0.2, -0.15) is 0 Å². The van der Waals surface area contributed by atoms with E-state index >= 15 is 0 Å². The molecular weight excluding hydrogens is 163 g/mol. The molecule has 3 atom stereocenters. The second-order valence-corrected chi connectivity index (χ2v) is 4.31. The predicted octanol–water partition coefficient (Wildman–Crippen LogP) is 1.67. The molecule has 0 saturated carbocycles. The quantitative estimate of drug-likeness (QED) is 0.617. The molecule has 1 saturated heterocycles. The van der Waals surface area contributed by atoms with Gasteiger partial charge in [-0.05, 0) is 32.6 Å². The fraction of sp³-hybridized carbons (Fsp3) is 0.900. The van der Waals surface area contributed by atoms with Crippen LogP contribution in [0.15, 0.2) is 0 Å². The second kappa shape index (κ2) is 3.83. The highest BCUT2D eigenvalue weighted by atomic mass is 16.5. The summed E-state index contributed by atoms with van der Waals surface area (Å²) in [6.45, 7) is 5.72. The summed E-state index contributed by atoms with van der Waals surface area (Å²) in [5, 5.41) is 0. The lowest BCUT2D eigenvalue weighted by molar-refractivity contribution is -0.120. The van der Waals surface area contributed by atoms with Gasteiger partial charge < -0.3 is 9.53 Å². The monoisotopic (exact) mass is 180 g/mol. The van der Waals surface area contributed by atoms with Crippen molar-refractivity contribution in [2.45, 2.75) is 51.6 Å². The molecule has 2 nitrogen and oxygen atoms in total. The molecule has 0 aromatic heterocycles. The summed E-state index contributed by atoms with van der Waals surface area (Å²) >= 11 is 0. The molecule has 1 aliphatic heterocycles. The minimum atomic E-state index is -0.189. The summed E-state index contributed by atoms with van der Waals surface area (Å²) in [5.41, 5.74) is -0.189. The van der Waals surface area contributed by atoms with Crippen molar-refractivity contribution >= 4 is 13.6 Å². The van der Waals surface area contributed by atoms with E-state index in [2.05, 4.69) is 6.92 Å². The van der Waals surface area contributed by atoms with Crippen molar-refractivity contribution in [2.75, 3.05) is 0 Å². The Balaban J connectivity index is 2.54. The molecule has 0 bridgehead atoms. The lowest BCUT2D eigenvalue weighted by Gasteiger charge is -2.31. The van der Waals surface area contributed by atoms with E-state index in [0.29, 0.717) is 6.42 Å². The van der Waals surface area contributed by atoms with Crippen molar-refractivity contribution in [1.82, 2.24) is 0 Å². The van der Waals surface area contributed by atoms with Crippen LogP contribution < -0.4 is 0 Å².